The number of anilines is 2. The van der Waals surface area contributed by atoms with Gasteiger partial charge in [0.1, 0.15) is 11.2 Å². The summed E-state index contributed by atoms with van der Waals surface area (Å²) in [5.41, 5.74) is 24.6. The molecule has 4 heterocycles. The molecule has 0 amide bonds. The number of fused-ring (bicyclic) bond motifs is 12. The third kappa shape index (κ3) is 6.19. The fourth-order valence-corrected chi connectivity index (χ4v) is 13.8. The van der Waals surface area contributed by atoms with Crippen LogP contribution < -0.4 is 4.90 Å². The van der Waals surface area contributed by atoms with Crippen molar-refractivity contribution in [2.75, 3.05) is 4.90 Å². The average Bonchev–Trinajstić information content (AvgIpc) is 4.10. The molecular weight excluding hydrogens is 869 g/mol. The second kappa shape index (κ2) is 15.3. The van der Waals surface area contributed by atoms with E-state index in [1.54, 1.807) is 0 Å². The Morgan fingerprint density at radius 1 is 0.457 bits per heavy atom. The standard InChI is InChI=1S/C66H50N2OS/c1-37-27-39(3)65(40(4)28-37)45-17-23-57-53(31-45)49-21-15-43(33-59(49)67(57)47-19-25-62-55(35-47)51-11-7-9-13-61(51)69-62)44-16-22-50-54-32-46(66-41(5)29-38(2)30-42(66)6)18-24-58(54)68(60(50)34-44)48-20-26-64-56(36-48)52-12-8-10-14-63(52)70-64/h7-36,54,58H,1-6H3. The Labute approximate surface area is 411 Å². The van der Waals surface area contributed by atoms with Gasteiger partial charge in [0, 0.05) is 64.7 Å². The molecule has 9 aromatic carbocycles. The van der Waals surface area contributed by atoms with Gasteiger partial charge in [0.25, 0.3) is 0 Å². The predicted molar refractivity (Wildman–Crippen MR) is 299 cm³/mol. The summed E-state index contributed by atoms with van der Waals surface area (Å²) in [5.74, 6) is 0.188. The molecule has 0 saturated carbocycles. The van der Waals surface area contributed by atoms with Crippen LogP contribution in [0.5, 0.6) is 0 Å². The van der Waals surface area contributed by atoms with Gasteiger partial charge in [-0.25, -0.2) is 0 Å². The van der Waals surface area contributed by atoms with Crippen molar-refractivity contribution in [3.8, 4) is 27.9 Å². The van der Waals surface area contributed by atoms with E-state index < -0.39 is 0 Å². The van der Waals surface area contributed by atoms with Crippen molar-refractivity contribution >= 4 is 92.2 Å². The Morgan fingerprint density at radius 3 is 1.93 bits per heavy atom. The molecule has 12 aromatic rings. The highest BCUT2D eigenvalue weighted by atomic mass is 32.1. The van der Waals surface area contributed by atoms with E-state index in [0.717, 1.165) is 27.6 Å². The average molecular weight is 919 g/mol. The van der Waals surface area contributed by atoms with Gasteiger partial charge in [-0.15, -0.1) is 11.3 Å². The van der Waals surface area contributed by atoms with Crippen LogP contribution in [0.2, 0.25) is 0 Å². The monoisotopic (exact) mass is 918 g/mol. The first-order chi connectivity index (χ1) is 34.1. The molecule has 4 heteroatoms. The van der Waals surface area contributed by atoms with E-state index in [1.807, 2.05) is 17.4 Å². The Balaban J connectivity index is 0.965. The van der Waals surface area contributed by atoms with E-state index in [1.165, 1.54) is 126 Å². The number of nitrogens with zero attached hydrogens (tertiary/aromatic N) is 2. The maximum Gasteiger partial charge on any atom is 0.135 e. The highest BCUT2D eigenvalue weighted by molar-refractivity contribution is 7.25. The van der Waals surface area contributed by atoms with Gasteiger partial charge in [-0.3, -0.25) is 0 Å². The molecule has 0 spiro atoms. The topological polar surface area (TPSA) is 21.3 Å². The van der Waals surface area contributed by atoms with Gasteiger partial charge in [-0.1, -0.05) is 120 Å². The van der Waals surface area contributed by atoms with Crippen molar-refractivity contribution in [1.29, 1.82) is 0 Å². The zero-order valence-corrected chi connectivity index (χ0v) is 41.0. The summed E-state index contributed by atoms with van der Waals surface area (Å²) in [6.45, 7) is 13.4. The summed E-state index contributed by atoms with van der Waals surface area (Å²) in [4.78, 5) is 2.62. The van der Waals surface area contributed by atoms with Crippen LogP contribution in [0, 0.1) is 41.5 Å². The molecule has 0 N–H and O–H groups in total. The van der Waals surface area contributed by atoms with E-state index in [0.29, 0.717) is 0 Å². The van der Waals surface area contributed by atoms with Gasteiger partial charge in [-0.2, -0.15) is 0 Å². The van der Waals surface area contributed by atoms with E-state index >= 15 is 0 Å². The lowest BCUT2D eigenvalue weighted by Crippen LogP contribution is -2.29. The minimum atomic E-state index is 0.135. The van der Waals surface area contributed by atoms with Crippen molar-refractivity contribution in [2.24, 2.45) is 0 Å². The van der Waals surface area contributed by atoms with Crippen molar-refractivity contribution < 1.29 is 4.42 Å². The van der Waals surface area contributed by atoms with Gasteiger partial charge in [-0.05, 0) is 176 Å². The maximum absolute atomic E-state index is 6.34. The molecule has 0 radical (unpaired) electrons. The summed E-state index contributed by atoms with van der Waals surface area (Å²) in [6.07, 6.45) is 7.39. The third-order valence-corrected chi connectivity index (χ3v) is 16.6. The number of rotatable bonds is 5. The largest absolute Gasteiger partial charge is 0.456 e. The number of hydrogen-bond donors (Lipinski definition) is 0. The molecule has 1 aliphatic heterocycles. The molecule has 336 valence electrons. The third-order valence-electron chi connectivity index (χ3n) is 15.4. The van der Waals surface area contributed by atoms with Crippen molar-refractivity contribution in [2.45, 2.75) is 53.5 Å². The second-order valence-corrected chi connectivity index (χ2v) is 21.1. The number of thiophene rings is 1. The van der Waals surface area contributed by atoms with Crippen molar-refractivity contribution in [3.63, 3.8) is 0 Å². The molecule has 2 atom stereocenters. The van der Waals surface area contributed by atoms with Crippen LogP contribution >= 0.6 is 11.3 Å². The van der Waals surface area contributed by atoms with Crippen molar-refractivity contribution in [3.05, 3.63) is 227 Å². The summed E-state index contributed by atoms with van der Waals surface area (Å²) < 4.78 is 11.5. The van der Waals surface area contributed by atoms with Crippen LogP contribution in [0.4, 0.5) is 11.4 Å². The summed E-state index contributed by atoms with van der Waals surface area (Å²) in [5, 5.41) is 7.36. The molecule has 14 rings (SSSR count). The summed E-state index contributed by atoms with van der Waals surface area (Å²) in [7, 11) is 0. The Bertz CT molecular complexity index is 4240. The number of benzene rings is 9. The smallest absolute Gasteiger partial charge is 0.135 e. The van der Waals surface area contributed by atoms with Crippen LogP contribution in [0.1, 0.15) is 50.4 Å². The van der Waals surface area contributed by atoms with Gasteiger partial charge >= 0.3 is 0 Å². The molecule has 1 aliphatic carbocycles. The fourth-order valence-electron chi connectivity index (χ4n) is 12.7. The normalized spacial score (nSPS) is 15.6. The fraction of sp³-hybridized carbons (Fsp3) is 0.121. The van der Waals surface area contributed by atoms with Gasteiger partial charge in [0.2, 0.25) is 0 Å². The molecule has 0 saturated heterocycles. The molecule has 0 bridgehead atoms. The number of aromatic nitrogens is 1. The summed E-state index contributed by atoms with van der Waals surface area (Å²) in [6, 6.07) is 61.8. The van der Waals surface area contributed by atoms with E-state index in [9.17, 15) is 0 Å². The minimum absolute atomic E-state index is 0.135. The Kier molecular flexibility index (Phi) is 8.97. The van der Waals surface area contributed by atoms with Crippen LogP contribution in [0.25, 0.3) is 97.4 Å². The first kappa shape index (κ1) is 41.1. The molecular formula is C66H50N2OS. The van der Waals surface area contributed by atoms with Crippen LogP contribution in [0.3, 0.4) is 0 Å². The molecule has 2 aliphatic rings. The number of allylic oxidation sites excluding steroid dienone is 2. The lowest BCUT2D eigenvalue weighted by Gasteiger charge is -2.30. The molecule has 3 aromatic heterocycles. The zero-order chi connectivity index (χ0) is 47.1. The van der Waals surface area contributed by atoms with Gasteiger partial charge < -0.3 is 13.9 Å². The van der Waals surface area contributed by atoms with Gasteiger partial charge in [0.05, 0.1) is 17.1 Å². The number of para-hydroxylation sites is 1. The van der Waals surface area contributed by atoms with Crippen LogP contribution in [-0.4, -0.2) is 10.6 Å². The Hall–Kier alpha value is -7.92. The van der Waals surface area contributed by atoms with Gasteiger partial charge in [0.15, 0.2) is 0 Å². The lowest BCUT2D eigenvalue weighted by atomic mass is 9.83. The minimum Gasteiger partial charge on any atom is -0.456 e. The first-order valence-corrected chi connectivity index (χ1v) is 25.4. The predicted octanol–water partition coefficient (Wildman–Crippen LogP) is 18.5. The molecule has 2 unspecified atom stereocenters. The molecule has 3 nitrogen and oxygen atoms in total. The van der Waals surface area contributed by atoms with Crippen LogP contribution in [0.15, 0.2) is 186 Å². The van der Waals surface area contributed by atoms with E-state index in [4.69, 9.17) is 4.42 Å². The second-order valence-electron chi connectivity index (χ2n) is 20.0. The number of hydrogen-bond acceptors (Lipinski definition) is 3. The van der Waals surface area contributed by atoms with Crippen LogP contribution in [-0.2, 0) is 0 Å². The van der Waals surface area contributed by atoms with Crippen molar-refractivity contribution in [1.82, 2.24) is 4.57 Å². The number of furan rings is 1. The lowest BCUT2D eigenvalue weighted by molar-refractivity contribution is 0.669. The molecule has 0 fully saturated rings. The number of aryl methyl sites for hydroxylation is 6. The highest BCUT2D eigenvalue weighted by Gasteiger charge is 2.39. The van der Waals surface area contributed by atoms with E-state index in [2.05, 4.69) is 227 Å². The first-order valence-electron chi connectivity index (χ1n) is 24.5. The SMILES string of the molecule is Cc1cc(C)c(C2=CC3c4ccc(-c5ccc6c7cc(-c8c(C)cc(C)cc8C)ccc7n(-c7ccc8oc9ccccc9c8c7)c6c5)cc4N(c4ccc5sc6ccccc6c5c4)C3C=C2)c(C)c1. The molecule has 70 heavy (non-hydrogen) atoms. The van der Waals surface area contributed by atoms with E-state index in [-0.39, 0.29) is 12.0 Å². The maximum atomic E-state index is 6.34. The highest BCUT2D eigenvalue weighted by Crippen LogP contribution is 2.52. The summed E-state index contributed by atoms with van der Waals surface area (Å²) >= 11 is 1.88. The quantitative estimate of drug-likeness (QED) is 0.172. The Morgan fingerprint density at radius 2 is 1.11 bits per heavy atom. The zero-order valence-electron chi connectivity index (χ0n) is 40.2.